The Bertz CT molecular complexity index is 963. The van der Waals surface area contributed by atoms with E-state index in [0.717, 1.165) is 25.0 Å². The Labute approximate surface area is 165 Å². The minimum absolute atomic E-state index is 0.0573. The number of nitriles is 1. The maximum absolute atomic E-state index is 14.1. The molecule has 1 saturated heterocycles. The lowest BCUT2D eigenvalue weighted by atomic mass is 9.99. The molecule has 7 heteroatoms. The van der Waals surface area contributed by atoms with Gasteiger partial charge in [-0.25, -0.2) is 8.78 Å². The number of likely N-dealkylation sites (tertiary alicyclic amines) is 1. The third-order valence-electron chi connectivity index (χ3n) is 5.04. The van der Waals surface area contributed by atoms with Gasteiger partial charge in [0.05, 0.1) is 22.4 Å². The molecule has 1 amide bonds. The fourth-order valence-electron chi connectivity index (χ4n) is 3.43. The molecule has 1 aliphatic heterocycles. The monoisotopic (exact) mass is 402 g/mol. The minimum atomic E-state index is -1.30. The summed E-state index contributed by atoms with van der Waals surface area (Å²) >= 11 is 0. The van der Waals surface area contributed by atoms with Crippen molar-refractivity contribution in [2.75, 3.05) is 18.8 Å². The molecule has 0 radical (unpaired) electrons. The Morgan fingerprint density at radius 2 is 1.86 bits per heavy atom. The van der Waals surface area contributed by atoms with Crippen molar-refractivity contribution in [1.82, 2.24) is 4.90 Å². The summed E-state index contributed by atoms with van der Waals surface area (Å²) in [4.78, 5) is 13.7. The average molecular weight is 402 g/mol. The number of hydrogen-bond acceptors (Lipinski definition) is 3. The molecule has 1 fully saturated rings. The molecular formula is C21H20F2N2O2S. The predicted molar refractivity (Wildman–Crippen MR) is 103 cm³/mol. The highest BCUT2D eigenvalue weighted by molar-refractivity contribution is 7.85. The lowest BCUT2D eigenvalue weighted by Gasteiger charge is -2.31. The van der Waals surface area contributed by atoms with E-state index in [-0.39, 0.29) is 23.0 Å². The van der Waals surface area contributed by atoms with Crippen molar-refractivity contribution in [2.24, 2.45) is 5.92 Å². The molecule has 0 N–H and O–H groups in total. The Kier molecular flexibility index (Phi) is 6.20. The summed E-state index contributed by atoms with van der Waals surface area (Å²) in [6.07, 6.45) is 1.60. The molecular weight excluding hydrogens is 382 g/mol. The third-order valence-corrected chi connectivity index (χ3v) is 6.60. The summed E-state index contributed by atoms with van der Waals surface area (Å²) in [7, 11) is -1.30. The molecule has 1 atom stereocenters. The first-order valence-corrected chi connectivity index (χ1v) is 10.3. The van der Waals surface area contributed by atoms with E-state index in [1.165, 1.54) is 12.1 Å². The van der Waals surface area contributed by atoms with Crippen LogP contribution in [0.4, 0.5) is 8.78 Å². The maximum Gasteiger partial charge on any atom is 0.219 e. The number of nitrogens with zero attached hydrogens (tertiary/aromatic N) is 2. The van der Waals surface area contributed by atoms with Gasteiger partial charge in [0.25, 0.3) is 0 Å². The second kappa shape index (κ2) is 8.61. The summed E-state index contributed by atoms with van der Waals surface area (Å²) < 4.78 is 40.0. The summed E-state index contributed by atoms with van der Waals surface area (Å²) in [6, 6.07) is 9.91. The van der Waals surface area contributed by atoms with Crippen LogP contribution in [-0.2, 0) is 15.6 Å². The van der Waals surface area contributed by atoms with Crippen LogP contribution < -0.4 is 0 Å². The lowest BCUT2D eigenvalue weighted by Crippen LogP contribution is -2.38. The van der Waals surface area contributed by atoms with E-state index < -0.39 is 22.4 Å². The Morgan fingerprint density at radius 1 is 1.18 bits per heavy atom. The topological polar surface area (TPSA) is 61.2 Å². The molecule has 0 bridgehead atoms. The van der Waals surface area contributed by atoms with Crippen LogP contribution >= 0.6 is 0 Å². The van der Waals surface area contributed by atoms with Crippen molar-refractivity contribution in [1.29, 1.82) is 5.26 Å². The molecule has 2 aromatic rings. The zero-order valence-electron chi connectivity index (χ0n) is 15.5. The summed E-state index contributed by atoms with van der Waals surface area (Å²) in [5.74, 6) is -0.671. The number of carbonyl (C=O) groups is 1. The van der Waals surface area contributed by atoms with E-state index in [9.17, 15) is 23.0 Å². The number of hydrogen-bond donors (Lipinski definition) is 0. The van der Waals surface area contributed by atoms with Crippen molar-refractivity contribution < 1.29 is 17.8 Å². The van der Waals surface area contributed by atoms with Gasteiger partial charge >= 0.3 is 0 Å². The van der Waals surface area contributed by atoms with E-state index in [1.54, 1.807) is 24.0 Å². The molecule has 2 aromatic carbocycles. The number of benzene rings is 2. The van der Waals surface area contributed by atoms with Crippen molar-refractivity contribution in [3.63, 3.8) is 0 Å². The normalized spacial score (nSPS) is 15.9. The molecule has 1 unspecified atom stereocenters. The fraction of sp³-hybridized carbons (Fsp3) is 0.333. The highest BCUT2D eigenvalue weighted by Crippen LogP contribution is 2.29. The van der Waals surface area contributed by atoms with Crippen molar-refractivity contribution >= 4 is 16.7 Å². The molecule has 0 saturated carbocycles. The van der Waals surface area contributed by atoms with E-state index >= 15 is 0 Å². The van der Waals surface area contributed by atoms with Crippen LogP contribution in [0.2, 0.25) is 0 Å². The van der Waals surface area contributed by atoms with Gasteiger partial charge in [0.2, 0.25) is 5.91 Å². The second-order valence-electron chi connectivity index (χ2n) is 6.90. The van der Waals surface area contributed by atoms with Crippen LogP contribution in [0.5, 0.6) is 0 Å². The van der Waals surface area contributed by atoms with E-state index in [1.807, 2.05) is 6.07 Å². The first-order chi connectivity index (χ1) is 13.4. The minimum Gasteiger partial charge on any atom is -0.343 e. The van der Waals surface area contributed by atoms with Crippen LogP contribution in [0, 0.1) is 28.9 Å². The van der Waals surface area contributed by atoms with Crippen molar-refractivity contribution in [3.8, 4) is 17.2 Å². The molecule has 1 heterocycles. The summed E-state index contributed by atoms with van der Waals surface area (Å²) in [6.45, 7) is 2.89. The molecule has 3 rings (SSSR count). The SMILES string of the molecule is CC(=O)N1CCC(CS(=O)c2ccc(-c3ccc(F)cc3F)c(C#N)c2)CC1. The largest absolute Gasteiger partial charge is 0.343 e. The highest BCUT2D eigenvalue weighted by atomic mass is 32.2. The smallest absolute Gasteiger partial charge is 0.219 e. The number of carbonyl (C=O) groups excluding carboxylic acids is 1. The zero-order chi connectivity index (χ0) is 20.3. The quantitative estimate of drug-likeness (QED) is 0.780. The first kappa shape index (κ1) is 20.2. The van der Waals surface area contributed by atoms with E-state index in [2.05, 4.69) is 0 Å². The molecule has 0 aromatic heterocycles. The molecule has 28 heavy (non-hydrogen) atoms. The van der Waals surface area contributed by atoms with Gasteiger partial charge in [-0.05, 0) is 43.0 Å². The number of piperidine rings is 1. The highest BCUT2D eigenvalue weighted by Gasteiger charge is 2.23. The van der Waals surface area contributed by atoms with Gasteiger partial charge < -0.3 is 4.90 Å². The van der Waals surface area contributed by atoms with Gasteiger partial charge in [-0.3, -0.25) is 9.00 Å². The number of amides is 1. The van der Waals surface area contributed by atoms with Gasteiger partial charge in [-0.1, -0.05) is 6.07 Å². The molecule has 0 spiro atoms. The molecule has 146 valence electrons. The van der Waals surface area contributed by atoms with Crippen LogP contribution in [0.1, 0.15) is 25.3 Å². The van der Waals surface area contributed by atoms with Crippen molar-refractivity contribution in [2.45, 2.75) is 24.7 Å². The third kappa shape index (κ3) is 4.45. The number of rotatable bonds is 4. The standard InChI is InChI=1S/C21H20F2N2O2S/c1-14(26)25-8-6-15(7-9-25)13-28(27)18-3-5-19(16(10-18)12-24)20-4-2-17(22)11-21(20)23/h2-5,10-11,15H,6-9,13H2,1H3. The van der Waals surface area contributed by atoms with Crippen LogP contribution in [0.3, 0.4) is 0 Å². The van der Waals surface area contributed by atoms with E-state index in [4.69, 9.17) is 0 Å². The van der Waals surface area contributed by atoms with Gasteiger partial charge in [0.15, 0.2) is 0 Å². The summed E-state index contributed by atoms with van der Waals surface area (Å²) in [5, 5.41) is 9.45. The van der Waals surface area contributed by atoms with Gasteiger partial charge in [0, 0.05) is 47.9 Å². The molecule has 0 aliphatic carbocycles. The second-order valence-corrected chi connectivity index (χ2v) is 8.40. The Balaban J connectivity index is 1.76. The van der Waals surface area contributed by atoms with Crippen molar-refractivity contribution in [3.05, 3.63) is 53.6 Å². The first-order valence-electron chi connectivity index (χ1n) is 9.02. The Hall–Kier alpha value is -2.59. The van der Waals surface area contributed by atoms with Crippen LogP contribution in [-0.4, -0.2) is 33.9 Å². The molecule has 4 nitrogen and oxygen atoms in total. The summed E-state index contributed by atoms with van der Waals surface area (Å²) in [5.41, 5.74) is 0.671. The lowest BCUT2D eigenvalue weighted by molar-refractivity contribution is -0.130. The van der Waals surface area contributed by atoms with Gasteiger partial charge in [0.1, 0.15) is 11.6 Å². The zero-order valence-corrected chi connectivity index (χ0v) is 16.3. The molecule has 1 aliphatic rings. The predicted octanol–water partition coefficient (Wildman–Crippen LogP) is 3.87. The van der Waals surface area contributed by atoms with Gasteiger partial charge in [-0.2, -0.15) is 5.26 Å². The fourth-order valence-corrected chi connectivity index (χ4v) is 4.85. The van der Waals surface area contributed by atoms with Gasteiger partial charge in [-0.15, -0.1) is 0 Å². The average Bonchev–Trinajstić information content (AvgIpc) is 2.68. The van der Waals surface area contributed by atoms with E-state index in [0.29, 0.717) is 29.3 Å². The van der Waals surface area contributed by atoms with Crippen LogP contribution in [0.15, 0.2) is 41.3 Å². The number of halogens is 2. The maximum atomic E-state index is 14.1. The Morgan fingerprint density at radius 3 is 2.46 bits per heavy atom. The van der Waals surface area contributed by atoms with Crippen LogP contribution in [0.25, 0.3) is 11.1 Å².